The van der Waals surface area contributed by atoms with Gasteiger partial charge < -0.3 is 9.84 Å². The molecule has 3 nitrogen and oxygen atoms in total. The first-order valence-electron chi connectivity index (χ1n) is 7.83. The first-order valence-corrected chi connectivity index (χ1v) is 7.83. The van der Waals surface area contributed by atoms with Crippen LogP contribution in [0, 0.1) is 13.8 Å². The first-order chi connectivity index (χ1) is 9.66. The van der Waals surface area contributed by atoms with Crippen LogP contribution < -0.4 is 4.74 Å². The fraction of sp³-hybridized carbons (Fsp3) is 0.647. The predicted molar refractivity (Wildman–Crippen MR) is 80.2 cm³/mol. The molecule has 2 aliphatic rings. The number of rotatable bonds is 1. The minimum Gasteiger partial charge on any atom is -0.493 e. The average Bonchev–Trinajstić information content (AvgIpc) is 2.61. The highest BCUT2D eigenvalue weighted by atomic mass is 16.5. The average molecular weight is 275 g/mol. The highest BCUT2D eigenvalue weighted by Gasteiger charge is 2.32. The zero-order chi connectivity index (χ0) is 14.1. The fourth-order valence-electron chi connectivity index (χ4n) is 3.46. The fourth-order valence-corrected chi connectivity index (χ4v) is 3.46. The van der Waals surface area contributed by atoms with Gasteiger partial charge in [-0.25, -0.2) is 0 Å². The van der Waals surface area contributed by atoms with E-state index in [4.69, 9.17) is 4.74 Å². The Morgan fingerprint density at radius 2 is 1.80 bits per heavy atom. The molecule has 0 amide bonds. The van der Waals surface area contributed by atoms with Gasteiger partial charge in [-0.3, -0.25) is 4.90 Å². The van der Waals surface area contributed by atoms with Gasteiger partial charge in [0.1, 0.15) is 5.75 Å². The van der Waals surface area contributed by atoms with Gasteiger partial charge in [-0.1, -0.05) is 6.42 Å². The molecule has 20 heavy (non-hydrogen) atoms. The van der Waals surface area contributed by atoms with Crippen LogP contribution in [-0.2, 0) is 0 Å². The molecule has 0 bridgehead atoms. The number of nitrogens with zero attached hydrogens (tertiary/aromatic N) is 1. The summed E-state index contributed by atoms with van der Waals surface area (Å²) in [6.45, 7) is 7.12. The van der Waals surface area contributed by atoms with Crippen molar-refractivity contribution >= 4 is 0 Å². The van der Waals surface area contributed by atoms with Crippen LogP contribution in [0.2, 0.25) is 0 Å². The van der Waals surface area contributed by atoms with E-state index in [1.807, 2.05) is 0 Å². The Bertz CT molecular complexity index is 480. The smallest absolute Gasteiger partial charge is 0.125 e. The maximum Gasteiger partial charge on any atom is 0.125 e. The lowest BCUT2D eigenvalue weighted by Gasteiger charge is -2.36. The van der Waals surface area contributed by atoms with E-state index in [1.165, 1.54) is 30.4 Å². The Hall–Kier alpha value is -1.06. The van der Waals surface area contributed by atoms with Crippen molar-refractivity contribution in [3.63, 3.8) is 0 Å². The standard InChI is InChI=1S/C17H25NO2/c1-12-10-14-16(11-13(12)2)20-9-6-15(17(14)19)18-7-4-3-5-8-18/h10-11,15,17,19H,3-9H2,1-2H3/t15-,17+/m1/s1. The number of aliphatic hydroxyl groups excluding tert-OH is 1. The summed E-state index contributed by atoms with van der Waals surface area (Å²) < 4.78 is 5.89. The molecular formula is C17H25NO2. The van der Waals surface area contributed by atoms with Crippen LogP contribution >= 0.6 is 0 Å². The van der Waals surface area contributed by atoms with Crippen LogP contribution in [0.4, 0.5) is 0 Å². The molecule has 0 unspecified atom stereocenters. The van der Waals surface area contributed by atoms with E-state index in [0.717, 1.165) is 30.8 Å². The van der Waals surface area contributed by atoms with Gasteiger partial charge in [-0.05, 0) is 69.5 Å². The van der Waals surface area contributed by atoms with E-state index in [-0.39, 0.29) is 6.04 Å². The molecule has 2 heterocycles. The molecule has 3 rings (SSSR count). The van der Waals surface area contributed by atoms with Crippen LogP contribution in [0.5, 0.6) is 5.75 Å². The van der Waals surface area contributed by atoms with Crippen molar-refractivity contribution in [1.82, 2.24) is 4.90 Å². The summed E-state index contributed by atoms with van der Waals surface area (Å²) in [6, 6.07) is 4.39. The quantitative estimate of drug-likeness (QED) is 0.855. The number of likely N-dealkylation sites (tertiary alicyclic amines) is 1. The zero-order valence-corrected chi connectivity index (χ0v) is 12.6. The van der Waals surface area contributed by atoms with Gasteiger partial charge in [0.15, 0.2) is 0 Å². The molecule has 2 atom stereocenters. The van der Waals surface area contributed by atoms with E-state index in [9.17, 15) is 5.11 Å². The second-order valence-electron chi connectivity index (χ2n) is 6.22. The van der Waals surface area contributed by atoms with Crippen LogP contribution in [0.3, 0.4) is 0 Å². The molecule has 1 aromatic rings. The molecule has 0 spiro atoms. The maximum absolute atomic E-state index is 10.8. The second-order valence-corrected chi connectivity index (χ2v) is 6.22. The van der Waals surface area contributed by atoms with Gasteiger partial charge in [0.2, 0.25) is 0 Å². The highest BCUT2D eigenvalue weighted by Crippen LogP contribution is 2.36. The van der Waals surface area contributed by atoms with Crippen LogP contribution in [-0.4, -0.2) is 35.7 Å². The van der Waals surface area contributed by atoms with Crippen molar-refractivity contribution in [2.75, 3.05) is 19.7 Å². The predicted octanol–water partition coefficient (Wildman–Crippen LogP) is 2.97. The van der Waals surface area contributed by atoms with Crippen LogP contribution in [0.25, 0.3) is 0 Å². The lowest BCUT2D eigenvalue weighted by atomic mass is 9.94. The van der Waals surface area contributed by atoms with Crippen molar-refractivity contribution in [3.8, 4) is 5.75 Å². The number of benzene rings is 1. The van der Waals surface area contributed by atoms with Crippen LogP contribution in [0.15, 0.2) is 12.1 Å². The monoisotopic (exact) mass is 275 g/mol. The normalized spacial score (nSPS) is 27.6. The molecule has 2 aliphatic heterocycles. The zero-order valence-electron chi connectivity index (χ0n) is 12.6. The van der Waals surface area contributed by atoms with Gasteiger partial charge in [-0.2, -0.15) is 0 Å². The van der Waals surface area contributed by atoms with Gasteiger partial charge in [0, 0.05) is 11.6 Å². The Labute approximate surface area is 121 Å². The first kappa shape index (κ1) is 13.9. The highest BCUT2D eigenvalue weighted by molar-refractivity contribution is 5.44. The Morgan fingerprint density at radius 1 is 1.10 bits per heavy atom. The summed E-state index contributed by atoms with van der Waals surface area (Å²) in [6.07, 6.45) is 4.32. The maximum atomic E-state index is 10.8. The Kier molecular flexibility index (Phi) is 3.99. The molecule has 110 valence electrons. The molecule has 1 fully saturated rings. The van der Waals surface area contributed by atoms with Crippen molar-refractivity contribution < 1.29 is 9.84 Å². The molecule has 1 aromatic carbocycles. The minimum absolute atomic E-state index is 0.207. The summed E-state index contributed by atoms with van der Waals surface area (Å²) in [4.78, 5) is 2.46. The largest absolute Gasteiger partial charge is 0.493 e. The Balaban J connectivity index is 1.90. The molecule has 3 heteroatoms. The van der Waals surface area contributed by atoms with Crippen LogP contribution in [0.1, 0.15) is 48.5 Å². The van der Waals surface area contributed by atoms with Gasteiger partial charge in [0.25, 0.3) is 0 Å². The Morgan fingerprint density at radius 3 is 2.55 bits per heavy atom. The summed E-state index contributed by atoms with van der Waals surface area (Å²) in [5, 5.41) is 10.8. The van der Waals surface area contributed by atoms with E-state index >= 15 is 0 Å². The number of aryl methyl sites for hydroxylation is 2. The lowest BCUT2D eigenvalue weighted by molar-refractivity contribution is 0.0334. The molecule has 1 saturated heterocycles. The third-order valence-electron chi connectivity index (χ3n) is 4.84. The van der Waals surface area contributed by atoms with E-state index in [0.29, 0.717) is 6.61 Å². The van der Waals surface area contributed by atoms with Crippen molar-refractivity contribution in [1.29, 1.82) is 0 Å². The van der Waals surface area contributed by atoms with Crippen molar-refractivity contribution in [2.24, 2.45) is 0 Å². The second kappa shape index (κ2) is 5.74. The van der Waals surface area contributed by atoms with E-state index in [2.05, 4.69) is 30.9 Å². The number of hydrogen-bond donors (Lipinski definition) is 1. The minimum atomic E-state index is -0.426. The van der Waals surface area contributed by atoms with Crippen molar-refractivity contribution in [2.45, 2.75) is 51.7 Å². The van der Waals surface area contributed by atoms with E-state index in [1.54, 1.807) is 0 Å². The number of fused-ring (bicyclic) bond motifs is 1. The van der Waals surface area contributed by atoms with Gasteiger partial charge in [0.05, 0.1) is 12.7 Å². The van der Waals surface area contributed by atoms with Gasteiger partial charge >= 0.3 is 0 Å². The van der Waals surface area contributed by atoms with Crippen molar-refractivity contribution in [3.05, 3.63) is 28.8 Å². The lowest BCUT2D eigenvalue weighted by Crippen LogP contribution is -2.43. The summed E-state index contributed by atoms with van der Waals surface area (Å²) >= 11 is 0. The van der Waals surface area contributed by atoms with Gasteiger partial charge in [-0.15, -0.1) is 0 Å². The number of hydrogen-bond acceptors (Lipinski definition) is 3. The number of ether oxygens (including phenoxy) is 1. The molecule has 0 saturated carbocycles. The number of aliphatic hydroxyl groups is 1. The summed E-state index contributed by atoms with van der Waals surface area (Å²) in [7, 11) is 0. The topological polar surface area (TPSA) is 32.7 Å². The summed E-state index contributed by atoms with van der Waals surface area (Å²) in [5.74, 6) is 0.875. The molecular weight excluding hydrogens is 250 g/mol. The molecule has 0 radical (unpaired) electrons. The molecule has 0 aromatic heterocycles. The molecule has 0 aliphatic carbocycles. The van der Waals surface area contributed by atoms with E-state index < -0.39 is 6.10 Å². The summed E-state index contributed by atoms with van der Waals surface area (Å²) in [5.41, 5.74) is 3.43. The third kappa shape index (κ3) is 2.57. The SMILES string of the molecule is Cc1cc2c(cc1C)[C@H](O)[C@H](N1CCCCC1)CCO2. The molecule has 1 N–H and O–H groups in total. The number of piperidine rings is 1. The third-order valence-corrected chi connectivity index (χ3v) is 4.84.